The molecule has 1 atom stereocenters. The van der Waals surface area contributed by atoms with Crippen molar-refractivity contribution >= 4 is 5.69 Å². The first-order valence-corrected chi connectivity index (χ1v) is 5.15. The van der Waals surface area contributed by atoms with Gasteiger partial charge in [-0.25, -0.2) is 0 Å². The van der Waals surface area contributed by atoms with Gasteiger partial charge in [-0.1, -0.05) is 6.92 Å². The smallest absolute Gasteiger partial charge is 0.269 e. The Morgan fingerprint density at radius 2 is 2.06 bits per heavy atom. The van der Waals surface area contributed by atoms with Gasteiger partial charge >= 0.3 is 0 Å². The molecule has 16 heavy (non-hydrogen) atoms. The van der Waals surface area contributed by atoms with Crippen LogP contribution in [0.15, 0.2) is 24.3 Å². The molecule has 1 aromatic carbocycles. The molecule has 1 aromatic rings. The summed E-state index contributed by atoms with van der Waals surface area (Å²) >= 11 is 0. The fourth-order valence-electron chi connectivity index (χ4n) is 1.31. The predicted molar refractivity (Wildman–Crippen MR) is 61.7 cm³/mol. The van der Waals surface area contributed by atoms with Crippen LogP contribution in [0.2, 0.25) is 0 Å². The predicted octanol–water partition coefficient (Wildman–Crippen LogP) is 1.83. The standard InChI is InChI=1S/C11H16N2O3/c1-9(7-12-2)8-16-11-5-3-10(4-6-11)13(14)15/h3-6,9,12H,7-8H2,1-2H3. The molecule has 0 fully saturated rings. The highest BCUT2D eigenvalue weighted by Gasteiger charge is 2.05. The maximum absolute atomic E-state index is 10.4. The van der Waals surface area contributed by atoms with E-state index in [1.54, 1.807) is 12.1 Å². The Hall–Kier alpha value is -1.62. The lowest BCUT2D eigenvalue weighted by Gasteiger charge is -2.12. The highest BCUT2D eigenvalue weighted by Crippen LogP contribution is 2.17. The summed E-state index contributed by atoms with van der Waals surface area (Å²) < 4.78 is 5.49. The Morgan fingerprint density at radius 3 is 2.56 bits per heavy atom. The molecule has 1 N–H and O–H groups in total. The second kappa shape index (κ2) is 6.07. The number of nitro benzene ring substituents is 1. The molecular formula is C11H16N2O3. The Kier molecular flexibility index (Phi) is 4.72. The van der Waals surface area contributed by atoms with Gasteiger partial charge in [0.25, 0.3) is 5.69 Å². The SMILES string of the molecule is CNCC(C)COc1ccc([N+](=O)[O-])cc1. The molecule has 0 aliphatic carbocycles. The Morgan fingerprint density at radius 1 is 1.44 bits per heavy atom. The van der Waals surface area contributed by atoms with E-state index in [1.165, 1.54) is 12.1 Å². The van der Waals surface area contributed by atoms with Gasteiger partial charge in [-0.2, -0.15) is 0 Å². The van der Waals surface area contributed by atoms with Crippen molar-refractivity contribution in [2.75, 3.05) is 20.2 Å². The summed E-state index contributed by atoms with van der Waals surface area (Å²) in [6.07, 6.45) is 0. The van der Waals surface area contributed by atoms with Crippen LogP contribution in [-0.4, -0.2) is 25.1 Å². The third-order valence-corrected chi connectivity index (χ3v) is 2.13. The van der Waals surface area contributed by atoms with E-state index in [-0.39, 0.29) is 5.69 Å². The van der Waals surface area contributed by atoms with Gasteiger partial charge in [-0.05, 0) is 19.2 Å². The molecule has 1 unspecified atom stereocenters. The number of rotatable bonds is 6. The third-order valence-electron chi connectivity index (χ3n) is 2.13. The largest absolute Gasteiger partial charge is 0.493 e. The van der Waals surface area contributed by atoms with Crippen LogP contribution < -0.4 is 10.1 Å². The molecule has 0 saturated heterocycles. The first kappa shape index (κ1) is 12.4. The molecule has 88 valence electrons. The summed E-state index contributed by atoms with van der Waals surface area (Å²) in [6.45, 7) is 3.55. The van der Waals surface area contributed by atoms with Gasteiger partial charge in [0.15, 0.2) is 0 Å². The summed E-state index contributed by atoms with van der Waals surface area (Å²) in [5.74, 6) is 1.06. The molecule has 0 aromatic heterocycles. The lowest BCUT2D eigenvalue weighted by Crippen LogP contribution is -2.21. The minimum atomic E-state index is -0.423. The zero-order valence-electron chi connectivity index (χ0n) is 9.47. The normalized spacial score (nSPS) is 12.1. The molecular weight excluding hydrogens is 208 g/mol. The lowest BCUT2D eigenvalue weighted by molar-refractivity contribution is -0.384. The number of benzene rings is 1. The van der Waals surface area contributed by atoms with Crippen LogP contribution >= 0.6 is 0 Å². The second-order valence-electron chi connectivity index (χ2n) is 3.72. The van der Waals surface area contributed by atoms with Gasteiger partial charge < -0.3 is 10.1 Å². The number of hydrogen-bond donors (Lipinski definition) is 1. The minimum absolute atomic E-state index is 0.0793. The van der Waals surface area contributed by atoms with E-state index < -0.39 is 4.92 Å². The number of non-ortho nitro benzene ring substituents is 1. The van der Waals surface area contributed by atoms with E-state index in [9.17, 15) is 10.1 Å². The maximum Gasteiger partial charge on any atom is 0.269 e. The van der Waals surface area contributed by atoms with Crippen molar-refractivity contribution in [3.8, 4) is 5.75 Å². The molecule has 5 nitrogen and oxygen atoms in total. The molecule has 0 heterocycles. The lowest BCUT2D eigenvalue weighted by atomic mass is 10.2. The fraction of sp³-hybridized carbons (Fsp3) is 0.455. The van der Waals surface area contributed by atoms with Gasteiger partial charge in [-0.15, -0.1) is 0 Å². The maximum atomic E-state index is 10.4. The monoisotopic (exact) mass is 224 g/mol. The zero-order chi connectivity index (χ0) is 12.0. The van der Waals surface area contributed by atoms with Crippen molar-refractivity contribution in [2.45, 2.75) is 6.92 Å². The van der Waals surface area contributed by atoms with Gasteiger partial charge in [0.05, 0.1) is 11.5 Å². The van der Waals surface area contributed by atoms with Crippen LogP contribution in [-0.2, 0) is 0 Å². The number of nitro groups is 1. The fourth-order valence-corrected chi connectivity index (χ4v) is 1.31. The molecule has 0 aliphatic heterocycles. The minimum Gasteiger partial charge on any atom is -0.493 e. The van der Waals surface area contributed by atoms with Crippen LogP contribution in [0.5, 0.6) is 5.75 Å². The van der Waals surface area contributed by atoms with Crippen LogP contribution in [0.4, 0.5) is 5.69 Å². The van der Waals surface area contributed by atoms with E-state index in [1.807, 2.05) is 7.05 Å². The quantitative estimate of drug-likeness (QED) is 0.591. The molecule has 0 aliphatic rings. The first-order chi connectivity index (χ1) is 7.63. The summed E-state index contributed by atoms with van der Waals surface area (Å²) in [7, 11) is 1.89. The molecule has 5 heteroatoms. The van der Waals surface area contributed by atoms with Crippen LogP contribution in [0, 0.1) is 16.0 Å². The van der Waals surface area contributed by atoms with E-state index >= 15 is 0 Å². The number of hydrogen-bond acceptors (Lipinski definition) is 4. The van der Waals surface area contributed by atoms with E-state index in [4.69, 9.17) is 4.74 Å². The van der Waals surface area contributed by atoms with Crippen LogP contribution in [0.3, 0.4) is 0 Å². The molecule has 0 bridgehead atoms. The molecule has 0 radical (unpaired) electrons. The molecule has 0 spiro atoms. The van der Waals surface area contributed by atoms with E-state index in [0.29, 0.717) is 18.3 Å². The summed E-state index contributed by atoms with van der Waals surface area (Å²) in [5.41, 5.74) is 0.0793. The number of nitrogens with zero attached hydrogens (tertiary/aromatic N) is 1. The van der Waals surface area contributed by atoms with Crippen molar-refractivity contribution in [2.24, 2.45) is 5.92 Å². The highest BCUT2D eigenvalue weighted by molar-refractivity contribution is 5.35. The van der Waals surface area contributed by atoms with Gasteiger partial charge in [0.1, 0.15) is 5.75 Å². The highest BCUT2D eigenvalue weighted by atomic mass is 16.6. The topological polar surface area (TPSA) is 64.4 Å². The molecule has 0 amide bonds. The van der Waals surface area contributed by atoms with E-state index in [2.05, 4.69) is 12.2 Å². The molecule has 0 saturated carbocycles. The number of ether oxygens (including phenoxy) is 1. The van der Waals surface area contributed by atoms with Crippen molar-refractivity contribution in [3.63, 3.8) is 0 Å². The van der Waals surface area contributed by atoms with Crippen molar-refractivity contribution < 1.29 is 9.66 Å². The van der Waals surface area contributed by atoms with Crippen molar-refractivity contribution in [3.05, 3.63) is 34.4 Å². The molecule has 1 rings (SSSR count). The second-order valence-corrected chi connectivity index (χ2v) is 3.72. The summed E-state index contributed by atoms with van der Waals surface area (Å²) in [6, 6.07) is 6.12. The van der Waals surface area contributed by atoms with Crippen LogP contribution in [0.25, 0.3) is 0 Å². The summed E-state index contributed by atoms with van der Waals surface area (Å²) in [5, 5.41) is 13.5. The Balaban J connectivity index is 2.46. The van der Waals surface area contributed by atoms with Gasteiger partial charge in [0.2, 0.25) is 0 Å². The van der Waals surface area contributed by atoms with Crippen molar-refractivity contribution in [1.82, 2.24) is 5.32 Å². The average molecular weight is 224 g/mol. The summed E-state index contributed by atoms with van der Waals surface area (Å²) in [4.78, 5) is 10.00. The third kappa shape index (κ3) is 3.86. The average Bonchev–Trinajstić information content (AvgIpc) is 2.27. The first-order valence-electron chi connectivity index (χ1n) is 5.15. The zero-order valence-corrected chi connectivity index (χ0v) is 9.47. The van der Waals surface area contributed by atoms with E-state index in [0.717, 1.165) is 6.54 Å². The van der Waals surface area contributed by atoms with Gasteiger partial charge in [-0.3, -0.25) is 10.1 Å². The number of nitrogens with one attached hydrogen (secondary N) is 1. The van der Waals surface area contributed by atoms with Crippen molar-refractivity contribution in [1.29, 1.82) is 0 Å². The Labute approximate surface area is 94.6 Å². The van der Waals surface area contributed by atoms with Gasteiger partial charge in [0, 0.05) is 24.6 Å². The Bertz CT molecular complexity index is 338. The van der Waals surface area contributed by atoms with Crippen LogP contribution in [0.1, 0.15) is 6.92 Å².